The Morgan fingerprint density at radius 1 is 1.05 bits per heavy atom. The number of nitriles is 1. The van der Waals surface area contributed by atoms with Crippen LogP contribution in [0.5, 0.6) is 0 Å². The van der Waals surface area contributed by atoms with E-state index in [1.165, 1.54) is 11.8 Å². The van der Waals surface area contributed by atoms with Gasteiger partial charge in [-0.1, -0.05) is 62.3 Å². The summed E-state index contributed by atoms with van der Waals surface area (Å²) in [4.78, 5) is 5.54. The molecule has 1 N–H and O–H groups in total. The Bertz CT molecular complexity index is 1370. The molecule has 0 aliphatic heterocycles. The zero-order chi connectivity index (χ0) is 29.0. The van der Waals surface area contributed by atoms with E-state index in [9.17, 15) is 9.47 Å². The van der Waals surface area contributed by atoms with Crippen LogP contribution in [0.2, 0.25) is 23.2 Å². The van der Waals surface area contributed by atoms with Crippen LogP contribution in [-0.2, 0) is 28.6 Å². The molecule has 1 aromatic heterocycles. The molecule has 208 valence electrons. The van der Waals surface area contributed by atoms with E-state index in [4.69, 9.17) is 16.0 Å². The van der Waals surface area contributed by atoms with Crippen LogP contribution < -0.4 is 4.72 Å². The van der Waals surface area contributed by atoms with Crippen molar-refractivity contribution >= 4 is 42.7 Å². The van der Waals surface area contributed by atoms with Crippen LogP contribution in [0.25, 0.3) is 11.1 Å². The predicted molar refractivity (Wildman–Crippen MR) is 167 cm³/mol. The molecule has 3 rings (SSSR count). The summed E-state index contributed by atoms with van der Waals surface area (Å²) in [6.07, 6.45) is 1.78. The first-order valence-electron chi connectivity index (χ1n) is 12.9. The summed E-state index contributed by atoms with van der Waals surface area (Å²) in [5.41, 5.74) is 4.41. The van der Waals surface area contributed by atoms with E-state index < -0.39 is 24.1 Å². The summed E-state index contributed by atoms with van der Waals surface area (Å²) >= 11 is 8.44. The fraction of sp³-hybridized carbons (Fsp3) is 0.400. The minimum absolute atomic E-state index is 0.106. The number of nitrogens with one attached hydrogen (secondary N) is 1. The second-order valence-electron chi connectivity index (χ2n) is 12.0. The molecule has 0 saturated carbocycles. The van der Waals surface area contributed by atoms with Gasteiger partial charge in [0.1, 0.15) is 5.03 Å². The molecule has 0 spiro atoms. The van der Waals surface area contributed by atoms with Crippen LogP contribution >= 0.6 is 23.4 Å². The first kappa shape index (κ1) is 31.5. The van der Waals surface area contributed by atoms with Crippen molar-refractivity contribution in [1.82, 2.24) is 9.71 Å². The van der Waals surface area contributed by atoms with E-state index in [0.717, 1.165) is 32.2 Å². The second kappa shape index (κ2) is 12.7. The van der Waals surface area contributed by atoms with Crippen molar-refractivity contribution < 1.29 is 8.63 Å². The van der Waals surface area contributed by atoms with Gasteiger partial charge in [0.25, 0.3) is 0 Å². The third-order valence-electron chi connectivity index (χ3n) is 6.86. The Morgan fingerprint density at radius 2 is 1.72 bits per heavy atom. The summed E-state index contributed by atoms with van der Waals surface area (Å²) in [5.74, 6) is 0. The van der Waals surface area contributed by atoms with E-state index in [1.54, 1.807) is 18.3 Å². The highest BCUT2D eigenvalue weighted by Gasteiger charge is 2.37. The van der Waals surface area contributed by atoms with E-state index in [1.807, 2.05) is 51.1 Å². The zero-order valence-corrected chi connectivity index (χ0v) is 27.4. The Labute approximate surface area is 246 Å². The molecule has 0 saturated heterocycles. The summed E-state index contributed by atoms with van der Waals surface area (Å²) in [6.45, 7) is 17.9. The summed E-state index contributed by atoms with van der Waals surface area (Å²) < 4.78 is 22.1. The van der Waals surface area contributed by atoms with Gasteiger partial charge in [-0.05, 0) is 85.9 Å². The quantitative estimate of drug-likeness (QED) is 0.250. The molecule has 0 aliphatic rings. The van der Waals surface area contributed by atoms with Gasteiger partial charge in [-0.15, -0.1) is 0 Å². The Hall–Kier alpha value is -1.99. The number of benzene rings is 2. The van der Waals surface area contributed by atoms with Gasteiger partial charge < -0.3 is 4.43 Å². The molecule has 9 heteroatoms. The number of hydrogen-bond acceptors (Lipinski definition) is 5. The minimum Gasteiger partial charge on any atom is -0.412 e. The Morgan fingerprint density at radius 3 is 2.31 bits per heavy atom. The molecule has 1 heterocycles. The van der Waals surface area contributed by atoms with Crippen LogP contribution in [0.3, 0.4) is 0 Å². The van der Waals surface area contributed by atoms with Crippen LogP contribution in [-0.4, -0.2) is 22.3 Å². The topological polar surface area (TPSA) is 75.0 Å². The molecule has 0 radical (unpaired) electrons. The number of aromatic nitrogens is 1. The average molecular weight is 600 g/mol. The molecular weight excluding hydrogens is 562 g/mol. The van der Waals surface area contributed by atoms with Crippen molar-refractivity contribution in [2.45, 2.75) is 87.5 Å². The average Bonchev–Trinajstić information content (AvgIpc) is 2.86. The lowest BCUT2D eigenvalue weighted by molar-refractivity contribution is 0.273. The molecule has 0 fully saturated rings. The van der Waals surface area contributed by atoms with Crippen molar-refractivity contribution in [2.75, 3.05) is 0 Å². The van der Waals surface area contributed by atoms with E-state index >= 15 is 0 Å². The highest BCUT2D eigenvalue weighted by molar-refractivity contribution is 7.99. The van der Waals surface area contributed by atoms with E-state index in [2.05, 4.69) is 55.7 Å². The van der Waals surface area contributed by atoms with Crippen molar-refractivity contribution in [1.29, 1.82) is 5.26 Å². The van der Waals surface area contributed by atoms with Crippen molar-refractivity contribution in [3.8, 4) is 17.2 Å². The third kappa shape index (κ3) is 8.26. The van der Waals surface area contributed by atoms with Crippen LogP contribution in [0.15, 0.2) is 64.6 Å². The maximum absolute atomic E-state index is 12.8. The largest absolute Gasteiger partial charge is 0.412 e. The van der Waals surface area contributed by atoms with Gasteiger partial charge in [0.15, 0.2) is 8.32 Å². The molecule has 0 bridgehead atoms. The first-order chi connectivity index (χ1) is 18.1. The van der Waals surface area contributed by atoms with Crippen molar-refractivity contribution in [3.63, 3.8) is 0 Å². The lowest BCUT2D eigenvalue weighted by atomic mass is 10.0. The second-order valence-corrected chi connectivity index (χ2v) is 20.2. The van der Waals surface area contributed by atoms with Crippen LogP contribution in [0.4, 0.5) is 0 Å². The van der Waals surface area contributed by atoms with Gasteiger partial charge in [0.05, 0.1) is 39.0 Å². The summed E-state index contributed by atoms with van der Waals surface area (Å²) in [5, 5.41) is 10.7. The monoisotopic (exact) mass is 599 g/mol. The maximum Gasteiger partial charge on any atom is 0.192 e. The molecule has 39 heavy (non-hydrogen) atoms. The molecule has 3 aromatic rings. The van der Waals surface area contributed by atoms with Crippen molar-refractivity contribution in [3.05, 3.63) is 76.4 Å². The fourth-order valence-corrected chi connectivity index (χ4v) is 6.36. The Kier molecular flexibility index (Phi) is 10.2. The number of hydrogen-bond donors (Lipinski definition) is 1. The van der Waals surface area contributed by atoms with Gasteiger partial charge in [-0.3, -0.25) is 0 Å². The zero-order valence-electron chi connectivity index (χ0n) is 24.0. The summed E-state index contributed by atoms with van der Waals surface area (Å²) in [7, 11) is -3.20. The van der Waals surface area contributed by atoms with Crippen molar-refractivity contribution in [2.24, 2.45) is 0 Å². The lowest BCUT2D eigenvalue weighted by Gasteiger charge is -2.36. The smallest absolute Gasteiger partial charge is 0.192 e. The highest BCUT2D eigenvalue weighted by Crippen LogP contribution is 2.41. The normalized spacial score (nSPS) is 13.2. The standard InChI is InChI=1S/C30H38ClN3O2S2Si/c1-29(2,3)38(35)34-19-25-16-24(22-13-11-21(18-32)12-14-22)17-26(31)27(25)37-28-23(10-9-15-33-28)20-36-39(7,8)30(4,5)6/h9-17,34H,19-20H2,1-8H3. The third-order valence-corrected chi connectivity index (χ3v) is 14.5. The molecule has 0 aliphatic carbocycles. The van der Waals surface area contributed by atoms with Gasteiger partial charge in [-0.25, -0.2) is 13.9 Å². The van der Waals surface area contributed by atoms with E-state index in [0.29, 0.717) is 23.7 Å². The number of nitrogens with zero attached hydrogens (tertiary/aromatic N) is 2. The van der Waals surface area contributed by atoms with Crippen LogP contribution in [0, 0.1) is 11.3 Å². The SMILES string of the molecule is CC(C)(C)S(=O)NCc1cc(-c2ccc(C#N)cc2)cc(Cl)c1Sc1ncccc1CO[Si](C)(C)C(C)(C)C. The molecule has 2 aromatic carbocycles. The highest BCUT2D eigenvalue weighted by atomic mass is 35.5. The molecule has 5 nitrogen and oxygen atoms in total. The fourth-order valence-electron chi connectivity index (χ4n) is 3.36. The van der Waals surface area contributed by atoms with Gasteiger partial charge >= 0.3 is 0 Å². The van der Waals surface area contributed by atoms with Gasteiger partial charge in [-0.2, -0.15) is 5.26 Å². The van der Waals surface area contributed by atoms with Gasteiger partial charge in [0.2, 0.25) is 0 Å². The van der Waals surface area contributed by atoms with Gasteiger partial charge in [0, 0.05) is 23.2 Å². The molecule has 1 atom stereocenters. The molecular formula is C30H38ClN3O2S2Si. The number of rotatable bonds is 9. The van der Waals surface area contributed by atoms with Crippen LogP contribution in [0.1, 0.15) is 58.2 Å². The number of pyridine rings is 1. The number of halogens is 1. The predicted octanol–water partition coefficient (Wildman–Crippen LogP) is 8.50. The Balaban J connectivity index is 1.99. The molecule has 0 amide bonds. The first-order valence-corrected chi connectivity index (χ1v) is 18.1. The lowest BCUT2D eigenvalue weighted by Crippen LogP contribution is -2.40. The molecule has 1 unspecified atom stereocenters. The van der Waals surface area contributed by atoms with E-state index in [-0.39, 0.29) is 5.04 Å². The summed E-state index contributed by atoms with van der Waals surface area (Å²) in [6, 6.07) is 17.5. The minimum atomic E-state index is -1.95. The maximum atomic E-state index is 12.8.